The molecule has 0 aromatic heterocycles. The van der Waals surface area contributed by atoms with Crippen LogP contribution in [-0.4, -0.2) is 49.5 Å². The number of nitrogens with zero attached hydrogens (tertiary/aromatic N) is 3. The number of hydrogen-bond donors (Lipinski definition) is 0. The molecule has 1 aliphatic carbocycles. The lowest BCUT2D eigenvalue weighted by atomic mass is 9.96. The van der Waals surface area contributed by atoms with Gasteiger partial charge in [0.25, 0.3) is 0 Å². The highest BCUT2D eigenvalue weighted by Gasteiger charge is 2.28. The van der Waals surface area contributed by atoms with Crippen LogP contribution >= 0.6 is 0 Å². The maximum Gasteiger partial charge on any atom is 0.153 e. The molecule has 0 aromatic carbocycles. The van der Waals surface area contributed by atoms with Gasteiger partial charge in [-0.2, -0.15) is 4.59 Å². The van der Waals surface area contributed by atoms with Crippen molar-refractivity contribution in [1.29, 1.82) is 0 Å². The Morgan fingerprint density at radius 1 is 1.18 bits per heavy atom. The van der Waals surface area contributed by atoms with Crippen LogP contribution in [-0.2, 0) is 4.74 Å². The van der Waals surface area contributed by atoms with Crippen LogP contribution in [0.1, 0.15) is 39.0 Å². The lowest BCUT2D eigenvalue weighted by Gasteiger charge is -2.32. The van der Waals surface area contributed by atoms with E-state index in [0.29, 0.717) is 6.04 Å². The zero-order valence-corrected chi connectivity index (χ0v) is 10.9. The second kappa shape index (κ2) is 6.29. The van der Waals surface area contributed by atoms with Gasteiger partial charge in [-0.25, -0.2) is 4.99 Å². The summed E-state index contributed by atoms with van der Waals surface area (Å²) in [6, 6.07) is 3.46. The Balaban J connectivity index is 1.94. The van der Waals surface area contributed by atoms with Gasteiger partial charge in [0.05, 0.1) is 19.3 Å². The predicted octanol–water partition coefficient (Wildman–Crippen LogP) is 2.27. The first kappa shape index (κ1) is 12.7. The molecule has 0 N–H and O–H groups in total. The van der Waals surface area contributed by atoms with E-state index in [4.69, 9.17) is 4.74 Å². The van der Waals surface area contributed by atoms with Crippen molar-refractivity contribution >= 4 is 6.01 Å². The summed E-state index contributed by atoms with van der Waals surface area (Å²) in [5.41, 5.74) is 0. The first-order valence-corrected chi connectivity index (χ1v) is 6.96. The molecule has 0 spiro atoms. The van der Waals surface area contributed by atoms with E-state index in [2.05, 4.69) is 23.0 Å². The fourth-order valence-electron chi connectivity index (χ4n) is 2.58. The summed E-state index contributed by atoms with van der Waals surface area (Å²) >= 11 is 0. The molecule has 0 atom stereocenters. The smallest absolute Gasteiger partial charge is 0.153 e. The lowest BCUT2D eigenvalue weighted by Crippen LogP contribution is -2.50. The van der Waals surface area contributed by atoms with Crippen molar-refractivity contribution < 1.29 is 9.33 Å². The van der Waals surface area contributed by atoms with E-state index < -0.39 is 0 Å². The molecule has 2 aliphatic rings. The molecule has 0 radical (unpaired) electrons. The van der Waals surface area contributed by atoms with E-state index in [1.807, 2.05) is 0 Å². The van der Waals surface area contributed by atoms with E-state index in [9.17, 15) is 0 Å². The normalized spacial score (nSPS) is 25.0. The first-order chi connectivity index (χ1) is 8.35. The van der Waals surface area contributed by atoms with Crippen molar-refractivity contribution in [2.24, 2.45) is 10.1 Å². The van der Waals surface area contributed by atoms with Gasteiger partial charge in [0.2, 0.25) is 0 Å². The van der Waals surface area contributed by atoms with Gasteiger partial charge in [-0.05, 0) is 24.9 Å². The molecule has 4 heteroatoms. The molecule has 2 fully saturated rings. The molecule has 1 saturated heterocycles. The van der Waals surface area contributed by atoms with Gasteiger partial charge in [0.15, 0.2) is 6.01 Å². The molecule has 1 aliphatic heterocycles. The molecule has 0 bridgehead atoms. The summed E-state index contributed by atoms with van der Waals surface area (Å²) in [6.45, 7) is 6.73. The first-order valence-electron chi connectivity index (χ1n) is 6.96. The standard InChI is InChI=1S/C13H24N3O/c1-2-16(8-10-17-11-9-16)15-12-14-13-6-4-3-5-7-13/h13H,2-11H2,1H3/q+1. The number of aliphatic imine (C=N–C) groups is 1. The van der Waals surface area contributed by atoms with Crippen LogP contribution in [0.5, 0.6) is 0 Å². The highest BCUT2D eigenvalue weighted by atomic mass is 16.5. The molecular weight excluding hydrogens is 214 g/mol. The average Bonchev–Trinajstić information content (AvgIpc) is 2.41. The highest BCUT2D eigenvalue weighted by molar-refractivity contribution is 5.40. The van der Waals surface area contributed by atoms with Crippen molar-refractivity contribution in [3.05, 3.63) is 0 Å². The Morgan fingerprint density at radius 3 is 2.53 bits per heavy atom. The second-order valence-electron chi connectivity index (χ2n) is 5.09. The summed E-state index contributed by atoms with van der Waals surface area (Å²) < 4.78 is 6.14. The fraction of sp³-hybridized carbons (Fsp3) is 0.923. The number of hydrogen-bond acceptors (Lipinski definition) is 3. The van der Waals surface area contributed by atoms with E-state index in [1.165, 1.54) is 32.1 Å². The Kier molecular flexibility index (Phi) is 4.72. The summed E-state index contributed by atoms with van der Waals surface area (Å²) in [6.07, 6.45) is 6.44. The number of morpholine rings is 1. The predicted molar refractivity (Wildman–Crippen MR) is 68.1 cm³/mol. The summed E-state index contributed by atoms with van der Waals surface area (Å²) in [4.78, 5) is 4.50. The molecule has 17 heavy (non-hydrogen) atoms. The Hall–Kier alpha value is -0.700. The summed E-state index contributed by atoms with van der Waals surface area (Å²) in [5.74, 6) is 0. The molecule has 1 saturated carbocycles. The summed E-state index contributed by atoms with van der Waals surface area (Å²) in [7, 11) is 0. The van der Waals surface area contributed by atoms with Gasteiger partial charge < -0.3 is 4.74 Å². The Morgan fingerprint density at radius 2 is 1.88 bits per heavy atom. The molecule has 0 unspecified atom stereocenters. The molecule has 0 aromatic rings. The van der Waals surface area contributed by atoms with E-state index in [-0.39, 0.29) is 0 Å². The van der Waals surface area contributed by atoms with E-state index in [0.717, 1.165) is 37.4 Å². The van der Waals surface area contributed by atoms with Gasteiger partial charge in [-0.3, -0.25) is 0 Å². The van der Waals surface area contributed by atoms with Crippen LogP contribution < -0.4 is 0 Å². The molecule has 2 rings (SSSR count). The van der Waals surface area contributed by atoms with Crippen molar-refractivity contribution in [2.75, 3.05) is 32.8 Å². The third-order valence-corrected chi connectivity index (χ3v) is 3.96. The maximum absolute atomic E-state index is 5.39. The Bertz CT molecular complexity index is 285. The fourth-order valence-corrected chi connectivity index (χ4v) is 2.58. The minimum absolute atomic E-state index is 0.477. The molecular formula is C13H24N3O+. The second-order valence-corrected chi connectivity index (χ2v) is 5.09. The van der Waals surface area contributed by atoms with Gasteiger partial charge >= 0.3 is 0 Å². The third kappa shape index (κ3) is 3.63. The average molecular weight is 238 g/mol. The van der Waals surface area contributed by atoms with Crippen molar-refractivity contribution in [3.63, 3.8) is 0 Å². The van der Waals surface area contributed by atoms with Gasteiger partial charge in [0.1, 0.15) is 19.6 Å². The van der Waals surface area contributed by atoms with Crippen LogP contribution in [0.3, 0.4) is 0 Å². The lowest BCUT2D eigenvalue weighted by molar-refractivity contribution is -0.939. The summed E-state index contributed by atoms with van der Waals surface area (Å²) in [5, 5.41) is 4.57. The van der Waals surface area contributed by atoms with Crippen LogP contribution in [0.15, 0.2) is 10.1 Å². The van der Waals surface area contributed by atoms with Crippen LogP contribution in [0.25, 0.3) is 0 Å². The molecule has 96 valence electrons. The number of ether oxygens (including phenoxy) is 1. The number of quaternary nitrogens is 1. The van der Waals surface area contributed by atoms with Gasteiger partial charge in [0, 0.05) is 0 Å². The van der Waals surface area contributed by atoms with Crippen molar-refractivity contribution in [3.8, 4) is 0 Å². The molecule has 4 nitrogen and oxygen atoms in total. The van der Waals surface area contributed by atoms with Crippen molar-refractivity contribution in [1.82, 2.24) is 0 Å². The monoisotopic (exact) mass is 238 g/mol. The van der Waals surface area contributed by atoms with Gasteiger partial charge in [-0.15, -0.1) is 0 Å². The molecule has 0 amide bonds. The molecule has 1 heterocycles. The topological polar surface area (TPSA) is 34.0 Å². The van der Waals surface area contributed by atoms with Gasteiger partial charge in [-0.1, -0.05) is 19.3 Å². The zero-order chi connectivity index (χ0) is 12.0. The highest BCUT2D eigenvalue weighted by Crippen LogP contribution is 2.19. The minimum atomic E-state index is 0.477. The quantitative estimate of drug-likeness (QED) is 0.548. The van der Waals surface area contributed by atoms with E-state index >= 15 is 0 Å². The van der Waals surface area contributed by atoms with Crippen LogP contribution in [0.2, 0.25) is 0 Å². The van der Waals surface area contributed by atoms with E-state index in [1.54, 1.807) is 0 Å². The SMILES string of the molecule is CC[N+]1(N=C=NC2CCCCC2)CCOCC1. The Labute approximate surface area is 104 Å². The van der Waals surface area contributed by atoms with Crippen LogP contribution in [0, 0.1) is 0 Å². The van der Waals surface area contributed by atoms with Crippen LogP contribution in [0.4, 0.5) is 0 Å². The third-order valence-electron chi connectivity index (χ3n) is 3.96. The largest absolute Gasteiger partial charge is 0.370 e. The maximum atomic E-state index is 5.39. The van der Waals surface area contributed by atoms with Crippen molar-refractivity contribution in [2.45, 2.75) is 45.1 Å². The number of rotatable bonds is 3. The minimum Gasteiger partial charge on any atom is -0.370 e. The number of likely N-dealkylation sites (N-methyl/N-ethyl adjacent to an activating group) is 1. The zero-order valence-electron chi connectivity index (χ0n) is 10.9.